The Morgan fingerprint density at radius 2 is 1.76 bits per heavy atom. The molecule has 1 atom stereocenters. The van der Waals surface area contributed by atoms with E-state index in [4.69, 9.17) is 21.3 Å². The van der Waals surface area contributed by atoms with E-state index in [0.717, 1.165) is 5.56 Å². The topological polar surface area (TPSA) is 93.5 Å². The molecule has 0 spiro atoms. The summed E-state index contributed by atoms with van der Waals surface area (Å²) < 4.78 is 6.52. The van der Waals surface area contributed by atoms with Gasteiger partial charge in [0.15, 0.2) is 0 Å². The second-order valence-electron chi connectivity index (χ2n) is 8.62. The number of nitrogens with one attached hydrogen (secondary N) is 1. The molecule has 8 nitrogen and oxygen atoms in total. The normalized spacial score (nSPS) is 11.7. The number of ether oxygens (including phenoxy) is 1. The van der Waals surface area contributed by atoms with Crippen molar-refractivity contribution in [1.29, 1.82) is 0 Å². The van der Waals surface area contributed by atoms with Crippen molar-refractivity contribution in [2.45, 2.75) is 26.8 Å². The molecule has 190 valence electrons. The van der Waals surface area contributed by atoms with Gasteiger partial charge < -0.3 is 15.0 Å². The molecule has 0 aliphatic carbocycles. The highest BCUT2D eigenvalue weighted by atomic mass is 35.5. The summed E-state index contributed by atoms with van der Waals surface area (Å²) in [4.78, 5) is 44.8. The Balaban J connectivity index is 1.68. The van der Waals surface area contributed by atoms with Gasteiger partial charge in [0.2, 0.25) is 0 Å². The minimum Gasteiger partial charge on any atom is -0.462 e. The van der Waals surface area contributed by atoms with Crippen LogP contribution in [0.3, 0.4) is 0 Å². The third kappa shape index (κ3) is 5.49. The van der Waals surface area contributed by atoms with E-state index >= 15 is 0 Å². The third-order valence-electron chi connectivity index (χ3n) is 6.07. The van der Waals surface area contributed by atoms with Crippen molar-refractivity contribution in [2.24, 2.45) is 0 Å². The first-order chi connectivity index (χ1) is 17.7. The van der Waals surface area contributed by atoms with Gasteiger partial charge in [-0.15, -0.1) is 0 Å². The average molecular weight is 519 g/mol. The van der Waals surface area contributed by atoms with Gasteiger partial charge in [-0.2, -0.15) is 0 Å². The van der Waals surface area contributed by atoms with Gasteiger partial charge in [0.25, 0.3) is 5.56 Å². The van der Waals surface area contributed by atoms with E-state index < -0.39 is 18.0 Å². The molecule has 0 saturated heterocycles. The number of benzene rings is 3. The average Bonchev–Trinajstić information content (AvgIpc) is 2.88. The lowest BCUT2D eigenvalue weighted by molar-refractivity contribution is 0.0526. The van der Waals surface area contributed by atoms with E-state index in [1.165, 1.54) is 9.47 Å². The lowest BCUT2D eigenvalue weighted by Gasteiger charge is -2.27. The Morgan fingerprint density at radius 3 is 2.41 bits per heavy atom. The minimum atomic E-state index is -0.587. The van der Waals surface area contributed by atoms with E-state index in [2.05, 4.69) is 5.32 Å². The fourth-order valence-electron chi connectivity index (χ4n) is 3.86. The first-order valence-electron chi connectivity index (χ1n) is 11.8. The number of nitrogens with zero attached hydrogens (tertiary/aromatic N) is 3. The lowest BCUT2D eigenvalue weighted by Crippen LogP contribution is -2.37. The van der Waals surface area contributed by atoms with Crippen LogP contribution in [0.4, 0.5) is 10.5 Å². The van der Waals surface area contributed by atoms with Crippen LogP contribution in [-0.2, 0) is 4.74 Å². The van der Waals surface area contributed by atoms with Crippen molar-refractivity contribution in [2.75, 3.05) is 19.0 Å². The van der Waals surface area contributed by atoms with Gasteiger partial charge in [-0.25, -0.2) is 14.6 Å². The molecule has 1 heterocycles. The van der Waals surface area contributed by atoms with Crippen molar-refractivity contribution < 1.29 is 14.3 Å². The number of rotatable bonds is 6. The molecule has 9 heteroatoms. The summed E-state index contributed by atoms with van der Waals surface area (Å²) in [6.07, 6.45) is 0. The predicted octanol–water partition coefficient (Wildman–Crippen LogP) is 5.75. The van der Waals surface area contributed by atoms with Gasteiger partial charge in [-0.3, -0.25) is 9.36 Å². The Morgan fingerprint density at radius 1 is 1.08 bits per heavy atom. The number of urea groups is 1. The number of hydrogen-bond donors (Lipinski definition) is 1. The molecule has 37 heavy (non-hydrogen) atoms. The molecule has 1 aromatic heterocycles. The predicted molar refractivity (Wildman–Crippen MR) is 145 cm³/mol. The van der Waals surface area contributed by atoms with Gasteiger partial charge in [-0.05, 0) is 75.4 Å². The molecule has 4 rings (SSSR count). The fraction of sp³-hybridized carbons (Fsp3) is 0.214. The number of aryl methyl sites for hydroxylation is 1. The van der Waals surface area contributed by atoms with Crippen LogP contribution in [0.5, 0.6) is 0 Å². The summed E-state index contributed by atoms with van der Waals surface area (Å²) in [6.45, 7) is 5.78. The van der Waals surface area contributed by atoms with E-state index in [0.29, 0.717) is 38.7 Å². The summed E-state index contributed by atoms with van der Waals surface area (Å²) in [5.74, 6) is -0.0402. The van der Waals surface area contributed by atoms with Gasteiger partial charge in [0.05, 0.1) is 34.8 Å². The van der Waals surface area contributed by atoms with Gasteiger partial charge >= 0.3 is 12.0 Å². The Bertz CT molecular complexity index is 1510. The van der Waals surface area contributed by atoms with Crippen LogP contribution in [0, 0.1) is 6.92 Å². The molecule has 0 fully saturated rings. The maximum atomic E-state index is 13.6. The second-order valence-corrected chi connectivity index (χ2v) is 9.06. The molecule has 0 aliphatic heterocycles. The van der Waals surface area contributed by atoms with Gasteiger partial charge in [0, 0.05) is 17.8 Å². The highest BCUT2D eigenvalue weighted by Crippen LogP contribution is 2.24. The van der Waals surface area contributed by atoms with Crippen molar-refractivity contribution in [3.63, 3.8) is 0 Å². The summed E-state index contributed by atoms with van der Waals surface area (Å²) in [6, 6.07) is 17.9. The van der Waals surface area contributed by atoms with E-state index in [-0.39, 0.29) is 12.2 Å². The molecule has 3 aromatic carbocycles. The maximum Gasteiger partial charge on any atom is 0.338 e. The first-order valence-corrected chi connectivity index (χ1v) is 12.2. The maximum absolute atomic E-state index is 13.6. The van der Waals surface area contributed by atoms with Crippen molar-refractivity contribution >= 4 is 40.2 Å². The fourth-order valence-corrected chi connectivity index (χ4v) is 4.03. The molecule has 2 amide bonds. The largest absolute Gasteiger partial charge is 0.462 e. The van der Waals surface area contributed by atoms with Gasteiger partial charge in [-0.1, -0.05) is 29.3 Å². The number of esters is 1. The SMILES string of the molecule is CCOC(=O)c1ccc(NC(=O)N(C)C(C)c2nc3cc(Cl)ccc3c(=O)n2-c2ccc(C)cc2)cc1. The Kier molecular flexibility index (Phi) is 7.59. The molecular formula is C28H27ClN4O4. The number of hydrogen-bond acceptors (Lipinski definition) is 5. The highest BCUT2D eigenvalue weighted by molar-refractivity contribution is 6.31. The van der Waals surface area contributed by atoms with E-state index in [9.17, 15) is 14.4 Å². The molecule has 4 aromatic rings. The van der Waals surface area contributed by atoms with Crippen LogP contribution >= 0.6 is 11.6 Å². The van der Waals surface area contributed by atoms with Crippen LogP contribution in [0.1, 0.15) is 41.6 Å². The quantitative estimate of drug-likeness (QED) is 0.328. The molecule has 0 bridgehead atoms. The number of amides is 2. The van der Waals surface area contributed by atoms with Crippen LogP contribution < -0.4 is 10.9 Å². The molecule has 1 unspecified atom stereocenters. The second kappa shape index (κ2) is 10.8. The van der Waals surface area contributed by atoms with Gasteiger partial charge in [0.1, 0.15) is 5.82 Å². The van der Waals surface area contributed by atoms with Crippen molar-refractivity contribution in [1.82, 2.24) is 14.5 Å². The van der Waals surface area contributed by atoms with Crippen LogP contribution in [0.15, 0.2) is 71.5 Å². The number of aromatic nitrogens is 2. The molecule has 1 N–H and O–H groups in total. The number of halogens is 1. The number of fused-ring (bicyclic) bond motifs is 1. The highest BCUT2D eigenvalue weighted by Gasteiger charge is 2.24. The lowest BCUT2D eigenvalue weighted by atomic mass is 10.1. The van der Waals surface area contributed by atoms with Crippen molar-refractivity contribution in [3.8, 4) is 5.69 Å². The van der Waals surface area contributed by atoms with Crippen LogP contribution in [0.2, 0.25) is 5.02 Å². The Labute approximate surface area is 219 Å². The van der Waals surface area contributed by atoms with E-state index in [1.807, 2.05) is 31.2 Å². The summed E-state index contributed by atoms with van der Waals surface area (Å²) in [5.41, 5.74) is 2.79. The zero-order valence-electron chi connectivity index (χ0n) is 21.0. The van der Waals surface area contributed by atoms with E-state index in [1.54, 1.807) is 63.4 Å². The van der Waals surface area contributed by atoms with Crippen LogP contribution in [-0.4, -0.2) is 40.1 Å². The van der Waals surface area contributed by atoms with Crippen LogP contribution in [0.25, 0.3) is 16.6 Å². The summed E-state index contributed by atoms with van der Waals surface area (Å²) >= 11 is 6.18. The minimum absolute atomic E-state index is 0.254. The monoisotopic (exact) mass is 518 g/mol. The summed E-state index contributed by atoms with van der Waals surface area (Å²) in [5, 5.41) is 3.70. The summed E-state index contributed by atoms with van der Waals surface area (Å²) in [7, 11) is 1.63. The number of carbonyl (C=O) groups is 2. The third-order valence-corrected chi connectivity index (χ3v) is 6.31. The molecule has 0 saturated carbocycles. The molecule has 0 aliphatic rings. The zero-order chi connectivity index (χ0) is 26.7. The van der Waals surface area contributed by atoms with Crippen molar-refractivity contribution in [3.05, 3.63) is 99.1 Å². The standard InChI is InChI=1S/C28H27ClN4O4/c1-5-37-27(35)19-8-11-21(12-9-19)30-28(36)32(4)18(3)25-31-24-16-20(29)10-15-23(24)26(34)33(25)22-13-6-17(2)7-14-22/h6-16,18H,5H2,1-4H3,(H,30,36). The first kappa shape index (κ1) is 25.9. The zero-order valence-corrected chi connectivity index (χ0v) is 21.7. The number of carbonyl (C=O) groups excluding carboxylic acids is 2. The Hall–Kier alpha value is -4.17. The smallest absolute Gasteiger partial charge is 0.338 e. The molecule has 0 radical (unpaired) electrons. The molecular weight excluding hydrogens is 492 g/mol. The number of anilines is 1.